The lowest BCUT2D eigenvalue weighted by Gasteiger charge is -2.06. The molecular formula is C10H14N2OS2. The van der Waals surface area contributed by atoms with Crippen LogP contribution >= 0.6 is 23.1 Å². The first-order valence-electron chi connectivity index (χ1n) is 4.98. The number of nitrogens with zero attached hydrogens (tertiary/aromatic N) is 2. The van der Waals surface area contributed by atoms with Crippen LogP contribution in [0.4, 0.5) is 0 Å². The van der Waals surface area contributed by atoms with E-state index in [1.54, 1.807) is 23.1 Å². The fraction of sp³-hybridized carbons (Fsp3) is 0.500. The summed E-state index contributed by atoms with van der Waals surface area (Å²) in [6, 6.07) is 0. The van der Waals surface area contributed by atoms with Crippen LogP contribution in [0.15, 0.2) is 16.6 Å². The molecule has 1 N–H and O–H groups in total. The molecule has 2 aromatic heterocycles. The maximum absolute atomic E-state index is 9.34. The Labute approximate surface area is 97.2 Å². The van der Waals surface area contributed by atoms with Crippen molar-refractivity contribution in [1.82, 2.24) is 9.38 Å². The van der Waals surface area contributed by atoms with E-state index in [0.29, 0.717) is 5.25 Å². The minimum atomic E-state index is 0.0522. The van der Waals surface area contributed by atoms with Crippen LogP contribution in [0.5, 0.6) is 0 Å². The van der Waals surface area contributed by atoms with Crippen LogP contribution < -0.4 is 0 Å². The van der Waals surface area contributed by atoms with E-state index >= 15 is 0 Å². The number of aliphatic hydroxyl groups excluding tert-OH is 1. The average molecular weight is 242 g/mol. The highest BCUT2D eigenvalue weighted by atomic mass is 32.2. The normalized spacial score (nSPS) is 13.5. The van der Waals surface area contributed by atoms with E-state index in [4.69, 9.17) is 0 Å². The second-order valence-electron chi connectivity index (χ2n) is 3.41. The molecule has 82 valence electrons. The zero-order valence-electron chi connectivity index (χ0n) is 8.80. The molecule has 0 fully saturated rings. The van der Waals surface area contributed by atoms with Gasteiger partial charge in [-0.2, -0.15) is 0 Å². The SMILES string of the molecule is CCC(C)Sc1nc2sccn2c1CO. The molecule has 1 unspecified atom stereocenters. The van der Waals surface area contributed by atoms with Gasteiger partial charge >= 0.3 is 0 Å². The fourth-order valence-corrected chi connectivity index (χ4v) is 3.10. The first-order valence-corrected chi connectivity index (χ1v) is 6.74. The Balaban J connectivity index is 2.37. The number of aliphatic hydroxyl groups is 1. The number of imidazole rings is 1. The van der Waals surface area contributed by atoms with Crippen LogP contribution in [0.25, 0.3) is 4.96 Å². The Morgan fingerprint density at radius 1 is 1.67 bits per heavy atom. The molecule has 2 rings (SSSR count). The standard InChI is InChI=1S/C10H14N2OS2/c1-3-7(2)15-9-8(6-13)12-4-5-14-10(12)11-9/h4-5,7,13H,3,6H2,1-2H3. The third kappa shape index (κ3) is 2.04. The molecule has 2 heterocycles. The molecular weight excluding hydrogens is 228 g/mol. The van der Waals surface area contributed by atoms with Crippen molar-refractivity contribution in [3.8, 4) is 0 Å². The number of hydrogen-bond donors (Lipinski definition) is 1. The predicted molar refractivity (Wildman–Crippen MR) is 64.6 cm³/mol. The first kappa shape index (κ1) is 11.0. The minimum absolute atomic E-state index is 0.0522. The number of rotatable bonds is 4. The molecule has 2 aromatic rings. The highest BCUT2D eigenvalue weighted by molar-refractivity contribution is 7.99. The van der Waals surface area contributed by atoms with Gasteiger partial charge in [0, 0.05) is 16.8 Å². The van der Waals surface area contributed by atoms with E-state index in [1.807, 2.05) is 16.0 Å². The largest absolute Gasteiger partial charge is 0.390 e. The van der Waals surface area contributed by atoms with Crippen molar-refractivity contribution in [2.24, 2.45) is 0 Å². The Morgan fingerprint density at radius 2 is 2.47 bits per heavy atom. The van der Waals surface area contributed by atoms with Gasteiger partial charge in [-0.1, -0.05) is 13.8 Å². The summed E-state index contributed by atoms with van der Waals surface area (Å²) in [5.74, 6) is 0. The van der Waals surface area contributed by atoms with E-state index in [2.05, 4.69) is 18.8 Å². The van der Waals surface area contributed by atoms with Crippen LogP contribution in [0, 0.1) is 0 Å². The fourth-order valence-electron chi connectivity index (χ4n) is 1.32. The van der Waals surface area contributed by atoms with Gasteiger partial charge in [-0.05, 0) is 6.42 Å². The summed E-state index contributed by atoms with van der Waals surface area (Å²) in [6.07, 6.45) is 3.07. The molecule has 1 atom stereocenters. The molecule has 0 spiro atoms. The van der Waals surface area contributed by atoms with E-state index in [0.717, 1.165) is 22.1 Å². The minimum Gasteiger partial charge on any atom is -0.390 e. The zero-order valence-corrected chi connectivity index (χ0v) is 10.4. The van der Waals surface area contributed by atoms with Crippen molar-refractivity contribution in [3.63, 3.8) is 0 Å². The van der Waals surface area contributed by atoms with E-state index < -0.39 is 0 Å². The maximum atomic E-state index is 9.34. The Kier molecular flexibility index (Phi) is 3.33. The summed E-state index contributed by atoms with van der Waals surface area (Å²) >= 11 is 3.34. The molecule has 3 nitrogen and oxygen atoms in total. The number of hydrogen-bond acceptors (Lipinski definition) is 4. The van der Waals surface area contributed by atoms with Gasteiger partial charge in [0.1, 0.15) is 5.03 Å². The lowest BCUT2D eigenvalue weighted by molar-refractivity contribution is 0.272. The second kappa shape index (κ2) is 4.55. The van der Waals surface area contributed by atoms with Gasteiger partial charge in [-0.3, -0.25) is 4.40 Å². The van der Waals surface area contributed by atoms with Crippen molar-refractivity contribution in [2.45, 2.75) is 37.2 Å². The lowest BCUT2D eigenvalue weighted by atomic mass is 10.4. The van der Waals surface area contributed by atoms with Crippen LogP contribution in [0.2, 0.25) is 0 Å². The first-order chi connectivity index (χ1) is 7.26. The van der Waals surface area contributed by atoms with Crippen molar-refractivity contribution in [3.05, 3.63) is 17.3 Å². The molecule has 0 saturated heterocycles. The molecule has 0 radical (unpaired) electrons. The van der Waals surface area contributed by atoms with Crippen molar-refractivity contribution < 1.29 is 5.11 Å². The quantitative estimate of drug-likeness (QED) is 0.838. The molecule has 0 aliphatic carbocycles. The predicted octanol–water partition coefficient (Wildman–Crippen LogP) is 2.78. The monoisotopic (exact) mass is 242 g/mol. The Bertz CT molecular complexity index is 449. The third-order valence-corrected chi connectivity index (χ3v) is 4.40. The highest BCUT2D eigenvalue weighted by Gasteiger charge is 2.14. The smallest absolute Gasteiger partial charge is 0.195 e. The van der Waals surface area contributed by atoms with Gasteiger partial charge in [0.05, 0.1) is 12.3 Å². The molecule has 5 heteroatoms. The summed E-state index contributed by atoms with van der Waals surface area (Å²) in [4.78, 5) is 5.48. The summed E-state index contributed by atoms with van der Waals surface area (Å²) in [5, 5.41) is 12.8. The Hall–Kier alpha value is -0.520. The van der Waals surface area contributed by atoms with E-state index in [-0.39, 0.29) is 6.61 Å². The number of thioether (sulfide) groups is 1. The van der Waals surface area contributed by atoms with Gasteiger partial charge in [0.2, 0.25) is 0 Å². The second-order valence-corrected chi connectivity index (χ2v) is 5.71. The summed E-state index contributed by atoms with van der Waals surface area (Å²) in [7, 11) is 0. The lowest BCUT2D eigenvalue weighted by Crippen LogP contribution is -1.96. The zero-order chi connectivity index (χ0) is 10.8. The topological polar surface area (TPSA) is 37.5 Å². The molecule has 0 saturated carbocycles. The van der Waals surface area contributed by atoms with Crippen LogP contribution in [-0.4, -0.2) is 19.7 Å². The number of fused-ring (bicyclic) bond motifs is 1. The maximum Gasteiger partial charge on any atom is 0.195 e. The molecule has 0 aliphatic rings. The Morgan fingerprint density at radius 3 is 3.13 bits per heavy atom. The third-order valence-electron chi connectivity index (χ3n) is 2.36. The van der Waals surface area contributed by atoms with Crippen molar-refractivity contribution in [2.75, 3.05) is 0 Å². The van der Waals surface area contributed by atoms with Gasteiger partial charge in [0.15, 0.2) is 4.96 Å². The highest BCUT2D eigenvalue weighted by Crippen LogP contribution is 2.29. The van der Waals surface area contributed by atoms with Gasteiger partial charge in [-0.25, -0.2) is 4.98 Å². The molecule has 0 aromatic carbocycles. The average Bonchev–Trinajstić information content (AvgIpc) is 2.77. The van der Waals surface area contributed by atoms with Gasteiger partial charge in [0.25, 0.3) is 0 Å². The van der Waals surface area contributed by atoms with Crippen LogP contribution in [-0.2, 0) is 6.61 Å². The summed E-state index contributed by atoms with van der Waals surface area (Å²) < 4.78 is 1.97. The van der Waals surface area contributed by atoms with Crippen molar-refractivity contribution >= 4 is 28.1 Å². The number of thiazole rings is 1. The molecule has 0 aliphatic heterocycles. The van der Waals surface area contributed by atoms with E-state index in [9.17, 15) is 5.11 Å². The molecule has 15 heavy (non-hydrogen) atoms. The van der Waals surface area contributed by atoms with Crippen molar-refractivity contribution in [1.29, 1.82) is 0 Å². The van der Waals surface area contributed by atoms with E-state index in [1.165, 1.54) is 0 Å². The van der Waals surface area contributed by atoms with Crippen LogP contribution in [0.3, 0.4) is 0 Å². The summed E-state index contributed by atoms with van der Waals surface area (Å²) in [6.45, 7) is 4.39. The molecule has 0 amide bonds. The van der Waals surface area contributed by atoms with Crippen LogP contribution in [0.1, 0.15) is 26.0 Å². The number of aromatic nitrogens is 2. The molecule has 0 bridgehead atoms. The summed E-state index contributed by atoms with van der Waals surface area (Å²) in [5.41, 5.74) is 0.913. The van der Waals surface area contributed by atoms with Gasteiger partial charge < -0.3 is 5.11 Å². The van der Waals surface area contributed by atoms with Gasteiger partial charge in [-0.15, -0.1) is 23.1 Å².